The van der Waals surface area contributed by atoms with Crippen molar-refractivity contribution in [3.63, 3.8) is 0 Å². The number of benzene rings is 2. The van der Waals surface area contributed by atoms with Crippen LogP contribution in [0.4, 0.5) is 5.69 Å². The number of nitrogens with one attached hydrogen (secondary N) is 2. The zero-order valence-corrected chi connectivity index (χ0v) is 16.9. The van der Waals surface area contributed by atoms with Gasteiger partial charge in [-0.05, 0) is 54.7 Å². The standard InChI is InChI=1S/C21H23N3O3S/c1-5-28(26,27)24-18-8-6-7-16(13(18)3)17-10-9-15(11-19(22)25)21-20(17)12(2)14(4)23-21/h5-10,23-24H,1,11H2,2-4H3,(H2,22,25). The van der Waals surface area contributed by atoms with E-state index in [9.17, 15) is 13.2 Å². The maximum Gasteiger partial charge on any atom is 0.254 e. The summed E-state index contributed by atoms with van der Waals surface area (Å²) in [5, 5.41) is 1.89. The molecular formula is C21H23N3O3S. The molecule has 0 spiro atoms. The van der Waals surface area contributed by atoms with Crippen LogP contribution in [0.25, 0.3) is 22.0 Å². The van der Waals surface area contributed by atoms with E-state index in [1.54, 1.807) is 12.1 Å². The molecule has 2 aromatic carbocycles. The molecule has 0 saturated heterocycles. The molecule has 1 amide bonds. The van der Waals surface area contributed by atoms with Crippen LogP contribution in [0.1, 0.15) is 22.4 Å². The maximum absolute atomic E-state index is 11.9. The van der Waals surface area contributed by atoms with Crippen molar-refractivity contribution in [2.45, 2.75) is 27.2 Å². The third-order valence-corrected chi connectivity index (χ3v) is 5.95. The zero-order chi connectivity index (χ0) is 20.6. The van der Waals surface area contributed by atoms with Gasteiger partial charge in [0.2, 0.25) is 5.91 Å². The summed E-state index contributed by atoms with van der Waals surface area (Å²) in [6.45, 7) is 9.20. The SMILES string of the molecule is C=CS(=O)(=O)Nc1cccc(-c2ccc(CC(N)=O)c3[nH]c(C)c(C)c23)c1C. The molecule has 0 fully saturated rings. The topological polar surface area (TPSA) is 105 Å². The van der Waals surface area contributed by atoms with Crippen molar-refractivity contribution < 1.29 is 13.2 Å². The first kappa shape index (κ1) is 19.7. The van der Waals surface area contributed by atoms with Crippen LogP contribution in [0, 0.1) is 20.8 Å². The van der Waals surface area contributed by atoms with Gasteiger partial charge in [-0.25, -0.2) is 8.42 Å². The van der Waals surface area contributed by atoms with Crippen LogP contribution in [-0.2, 0) is 21.2 Å². The fourth-order valence-corrected chi connectivity index (χ4v) is 4.05. The summed E-state index contributed by atoms with van der Waals surface area (Å²) in [7, 11) is -3.60. The molecule has 3 aromatic rings. The molecule has 6 nitrogen and oxygen atoms in total. The van der Waals surface area contributed by atoms with Crippen molar-refractivity contribution in [1.29, 1.82) is 0 Å². The number of aromatic amines is 1. The summed E-state index contributed by atoms with van der Waals surface area (Å²) in [4.78, 5) is 14.8. The van der Waals surface area contributed by atoms with Gasteiger partial charge >= 0.3 is 0 Å². The second kappa shape index (κ2) is 7.16. The number of carbonyl (C=O) groups excluding carboxylic acids is 1. The zero-order valence-electron chi connectivity index (χ0n) is 16.1. The summed E-state index contributed by atoms with van der Waals surface area (Å²) in [6, 6.07) is 9.31. The number of hydrogen-bond acceptors (Lipinski definition) is 3. The second-order valence-electron chi connectivity index (χ2n) is 6.83. The highest BCUT2D eigenvalue weighted by atomic mass is 32.2. The summed E-state index contributed by atoms with van der Waals surface area (Å²) in [6.07, 6.45) is 0.147. The Kier molecular flexibility index (Phi) is 5.04. The Bertz CT molecular complexity index is 1210. The highest BCUT2D eigenvalue weighted by Crippen LogP contribution is 2.38. The Labute approximate surface area is 164 Å². The van der Waals surface area contributed by atoms with Crippen molar-refractivity contribution in [3.8, 4) is 11.1 Å². The number of nitrogens with two attached hydrogens (primary N) is 1. The van der Waals surface area contributed by atoms with Crippen LogP contribution >= 0.6 is 0 Å². The Hall–Kier alpha value is -3.06. The van der Waals surface area contributed by atoms with Crippen molar-refractivity contribution in [2.24, 2.45) is 5.73 Å². The molecule has 0 unspecified atom stereocenters. The third kappa shape index (κ3) is 3.53. The smallest absolute Gasteiger partial charge is 0.254 e. The van der Waals surface area contributed by atoms with Gasteiger partial charge in [0.05, 0.1) is 17.6 Å². The molecule has 3 rings (SSSR count). The van der Waals surface area contributed by atoms with Crippen LogP contribution in [0.3, 0.4) is 0 Å². The van der Waals surface area contributed by atoms with E-state index in [0.29, 0.717) is 5.69 Å². The predicted molar refractivity (Wildman–Crippen MR) is 114 cm³/mol. The first-order valence-electron chi connectivity index (χ1n) is 8.79. The normalized spacial score (nSPS) is 11.5. The van der Waals surface area contributed by atoms with Crippen LogP contribution < -0.4 is 10.5 Å². The van der Waals surface area contributed by atoms with Gasteiger partial charge in [0.1, 0.15) is 0 Å². The summed E-state index contributed by atoms with van der Waals surface area (Å²) in [5.41, 5.74) is 12.4. The van der Waals surface area contributed by atoms with Crippen LogP contribution in [0.2, 0.25) is 0 Å². The quantitative estimate of drug-likeness (QED) is 0.591. The molecule has 0 atom stereocenters. The number of hydrogen-bond donors (Lipinski definition) is 3. The van der Waals surface area contributed by atoms with E-state index in [1.165, 1.54) is 0 Å². The number of amides is 1. The minimum Gasteiger partial charge on any atom is -0.369 e. The molecule has 28 heavy (non-hydrogen) atoms. The third-order valence-electron chi connectivity index (χ3n) is 5.00. The molecule has 0 bridgehead atoms. The number of aromatic nitrogens is 1. The minimum absolute atomic E-state index is 0.147. The first-order chi connectivity index (χ1) is 13.1. The van der Waals surface area contributed by atoms with Gasteiger partial charge in [0.25, 0.3) is 10.0 Å². The summed E-state index contributed by atoms with van der Waals surface area (Å²) < 4.78 is 26.4. The first-order valence-corrected chi connectivity index (χ1v) is 10.3. The second-order valence-corrected chi connectivity index (χ2v) is 8.46. The fourth-order valence-electron chi connectivity index (χ4n) is 3.44. The lowest BCUT2D eigenvalue weighted by atomic mass is 9.92. The lowest BCUT2D eigenvalue weighted by Gasteiger charge is -2.15. The number of H-pyrrole nitrogens is 1. The Balaban J connectivity index is 2.25. The van der Waals surface area contributed by atoms with E-state index >= 15 is 0 Å². The monoisotopic (exact) mass is 397 g/mol. The molecule has 0 aliphatic heterocycles. The molecule has 0 aliphatic carbocycles. The van der Waals surface area contributed by atoms with Gasteiger partial charge in [-0.1, -0.05) is 30.8 Å². The van der Waals surface area contributed by atoms with Crippen molar-refractivity contribution >= 4 is 32.5 Å². The van der Waals surface area contributed by atoms with E-state index in [-0.39, 0.29) is 6.42 Å². The molecule has 1 heterocycles. The van der Waals surface area contributed by atoms with Gasteiger partial charge in [-0.3, -0.25) is 9.52 Å². The number of rotatable bonds is 6. The van der Waals surface area contributed by atoms with Crippen molar-refractivity contribution in [1.82, 2.24) is 4.98 Å². The molecule has 146 valence electrons. The molecule has 0 saturated carbocycles. The molecule has 7 heteroatoms. The van der Waals surface area contributed by atoms with Crippen LogP contribution in [0.15, 0.2) is 42.3 Å². The molecule has 0 aliphatic rings. The van der Waals surface area contributed by atoms with Crippen LogP contribution in [-0.4, -0.2) is 19.3 Å². The largest absolute Gasteiger partial charge is 0.369 e. The Morgan fingerprint density at radius 2 is 1.86 bits per heavy atom. The Morgan fingerprint density at radius 3 is 2.50 bits per heavy atom. The summed E-state index contributed by atoms with van der Waals surface area (Å²) >= 11 is 0. The molecule has 4 N–H and O–H groups in total. The number of carbonyl (C=O) groups is 1. The van der Waals surface area contributed by atoms with Gasteiger partial charge in [0, 0.05) is 16.5 Å². The number of aryl methyl sites for hydroxylation is 2. The minimum atomic E-state index is -3.60. The lowest BCUT2D eigenvalue weighted by molar-refractivity contribution is -0.117. The molecular weight excluding hydrogens is 374 g/mol. The predicted octanol–water partition coefficient (Wildman–Crippen LogP) is 3.67. The van der Waals surface area contributed by atoms with E-state index in [2.05, 4.69) is 16.3 Å². The number of fused-ring (bicyclic) bond motifs is 1. The highest BCUT2D eigenvalue weighted by Gasteiger charge is 2.18. The van der Waals surface area contributed by atoms with E-state index < -0.39 is 15.9 Å². The molecule has 0 radical (unpaired) electrons. The average Bonchev–Trinajstić information content (AvgIpc) is 2.93. The Morgan fingerprint density at radius 1 is 1.14 bits per heavy atom. The van der Waals surface area contributed by atoms with Crippen molar-refractivity contribution in [3.05, 3.63) is 64.7 Å². The van der Waals surface area contributed by atoms with Crippen molar-refractivity contribution in [2.75, 3.05) is 4.72 Å². The fraction of sp³-hybridized carbons (Fsp3) is 0.190. The maximum atomic E-state index is 11.9. The van der Waals surface area contributed by atoms with Gasteiger partial charge in [-0.15, -0.1) is 0 Å². The van der Waals surface area contributed by atoms with Gasteiger partial charge < -0.3 is 10.7 Å². The summed E-state index contributed by atoms with van der Waals surface area (Å²) in [5.74, 6) is -0.393. The number of sulfonamides is 1. The van der Waals surface area contributed by atoms with Gasteiger partial charge in [-0.2, -0.15) is 0 Å². The van der Waals surface area contributed by atoms with Gasteiger partial charge in [0.15, 0.2) is 0 Å². The molecule has 1 aromatic heterocycles. The number of primary amides is 1. The average molecular weight is 398 g/mol. The van der Waals surface area contributed by atoms with Crippen LogP contribution in [0.5, 0.6) is 0 Å². The lowest BCUT2D eigenvalue weighted by Crippen LogP contribution is -2.14. The van der Waals surface area contributed by atoms with E-state index in [0.717, 1.165) is 49.8 Å². The number of anilines is 1. The highest BCUT2D eigenvalue weighted by molar-refractivity contribution is 7.95. The van der Waals surface area contributed by atoms with E-state index in [4.69, 9.17) is 5.73 Å². The van der Waals surface area contributed by atoms with E-state index in [1.807, 2.05) is 39.0 Å².